The zero-order chi connectivity index (χ0) is 19.6. The summed E-state index contributed by atoms with van der Waals surface area (Å²) in [6.45, 7) is 2.31. The number of carbonyl (C=O) groups is 1. The van der Waals surface area contributed by atoms with Crippen molar-refractivity contribution < 1.29 is 19.0 Å². The van der Waals surface area contributed by atoms with E-state index in [0.29, 0.717) is 34.6 Å². The summed E-state index contributed by atoms with van der Waals surface area (Å²) >= 11 is 1.38. The Morgan fingerprint density at radius 2 is 1.70 bits per heavy atom. The molecule has 0 heterocycles. The number of nitrogens with one attached hydrogen (secondary N) is 2. The van der Waals surface area contributed by atoms with E-state index in [0.717, 1.165) is 5.69 Å². The molecule has 0 saturated heterocycles. The Bertz CT molecular complexity index is 772. The van der Waals surface area contributed by atoms with Crippen molar-refractivity contribution in [3.8, 4) is 17.2 Å². The summed E-state index contributed by atoms with van der Waals surface area (Å²) in [4.78, 5) is 17.0. The quantitative estimate of drug-likeness (QED) is 0.448. The van der Waals surface area contributed by atoms with Crippen LogP contribution < -0.4 is 25.1 Å². The number of para-hydroxylation sites is 1. The highest BCUT2D eigenvalue weighted by Gasteiger charge is 2.17. The van der Waals surface area contributed by atoms with Gasteiger partial charge in [0.25, 0.3) is 5.91 Å². The van der Waals surface area contributed by atoms with Crippen molar-refractivity contribution in [2.24, 2.45) is 4.99 Å². The van der Waals surface area contributed by atoms with E-state index < -0.39 is 0 Å². The Labute approximate surface area is 163 Å². The van der Waals surface area contributed by atoms with Gasteiger partial charge in [0.2, 0.25) is 5.75 Å². The van der Waals surface area contributed by atoms with Gasteiger partial charge in [0.1, 0.15) is 0 Å². The van der Waals surface area contributed by atoms with Crippen LogP contribution in [0.4, 0.5) is 5.69 Å². The van der Waals surface area contributed by atoms with Crippen LogP contribution in [-0.2, 0) is 0 Å². The van der Waals surface area contributed by atoms with Gasteiger partial charge in [-0.3, -0.25) is 15.6 Å². The van der Waals surface area contributed by atoms with Gasteiger partial charge in [-0.25, -0.2) is 4.99 Å². The molecule has 0 aliphatic heterocycles. The first kappa shape index (κ1) is 20.4. The summed E-state index contributed by atoms with van der Waals surface area (Å²) in [5, 5.41) is 0.555. The molecule has 2 aromatic rings. The first-order chi connectivity index (χ1) is 13.1. The molecule has 27 heavy (non-hydrogen) atoms. The molecule has 8 heteroatoms. The Kier molecular flexibility index (Phi) is 7.81. The van der Waals surface area contributed by atoms with E-state index in [1.807, 2.05) is 43.5 Å². The van der Waals surface area contributed by atoms with E-state index in [4.69, 9.17) is 14.2 Å². The molecule has 0 aromatic heterocycles. The lowest BCUT2D eigenvalue weighted by Gasteiger charge is -2.15. The van der Waals surface area contributed by atoms with E-state index in [2.05, 4.69) is 15.8 Å². The minimum absolute atomic E-state index is 0.357. The van der Waals surface area contributed by atoms with Crippen molar-refractivity contribution in [2.45, 2.75) is 6.92 Å². The Hall–Kier alpha value is -2.87. The van der Waals surface area contributed by atoms with Crippen LogP contribution >= 0.6 is 11.8 Å². The molecule has 0 aliphatic rings. The Morgan fingerprint density at radius 3 is 2.22 bits per heavy atom. The van der Waals surface area contributed by atoms with Crippen LogP contribution in [0.15, 0.2) is 47.5 Å². The van der Waals surface area contributed by atoms with Gasteiger partial charge in [-0.2, -0.15) is 0 Å². The van der Waals surface area contributed by atoms with E-state index in [1.54, 1.807) is 12.1 Å². The predicted octanol–water partition coefficient (Wildman–Crippen LogP) is 3.39. The summed E-state index contributed by atoms with van der Waals surface area (Å²) < 4.78 is 16.2. The molecule has 1 amide bonds. The van der Waals surface area contributed by atoms with Gasteiger partial charge >= 0.3 is 0 Å². The molecule has 2 N–H and O–H groups in total. The van der Waals surface area contributed by atoms with Gasteiger partial charge in [-0.05, 0) is 37.4 Å². The average Bonchev–Trinajstić information content (AvgIpc) is 2.71. The lowest BCUT2D eigenvalue weighted by atomic mass is 10.1. The Morgan fingerprint density at radius 1 is 1.07 bits per heavy atom. The van der Waals surface area contributed by atoms with Crippen LogP contribution in [0.1, 0.15) is 17.3 Å². The highest BCUT2D eigenvalue weighted by atomic mass is 32.2. The number of ether oxygens (including phenoxy) is 3. The molecule has 0 aliphatic carbocycles. The van der Waals surface area contributed by atoms with Crippen LogP contribution in [0.5, 0.6) is 17.2 Å². The number of hydrazine groups is 1. The van der Waals surface area contributed by atoms with Crippen LogP contribution in [-0.4, -0.2) is 38.2 Å². The lowest BCUT2D eigenvalue weighted by Crippen LogP contribution is -2.40. The number of rotatable bonds is 6. The van der Waals surface area contributed by atoms with Crippen molar-refractivity contribution in [3.63, 3.8) is 0 Å². The van der Waals surface area contributed by atoms with Crippen LogP contribution in [0.2, 0.25) is 0 Å². The summed E-state index contributed by atoms with van der Waals surface area (Å²) in [5.74, 6) is 0.945. The van der Waals surface area contributed by atoms with Gasteiger partial charge < -0.3 is 14.2 Å². The summed E-state index contributed by atoms with van der Waals surface area (Å²) in [6, 6.07) is 12.7. The molecule has 0 spiro atoms. The average molecular weight is 389 g/mol. The zero-order valence-corrected chi connectivity index (χ0v) is 16.6. The molecule has 2 aromatic carbocycles. The number of amides is 1. The zero-order valence-electron chi connectivity index (χ0n) is 15.7. The number of thioether (sulfide) groups is 1. The third-order valence-electron chi connectivity index (χ3n) is 3.47. The fraction of sp³-hybridized carbons (Fsp3) is 0.263. The molecule has 7 nitrogen and oxygen atoms in total. The number of hydrogen-bond donors (Lipinski definition) is 2. The number of carbonyl (C=O) groups excluding carboxylic acids is 1. The number of benzene rings is 2. The standard InChI is InChI=1S/C19H23N3O4S/c1-5-26-17-15(24-2)11-13(12-16(17)25-3)18(23)21-22-19(27-4)20-14-9-7-6-8-10-14/h6-12H,5H2,1-4H3,(H,20,22)(H,21,23). The molecule has 2 rings (SSSR count). The largest absolute Gasteiger partial charge is 0.493 e. The molecule has 0 fully saturated rings. The highest BCUT2D eigenvalue weighted by Crippen LogP contribution is 2.38. The van der Waals surface area contributed by atoms with Crippen molar-refractivity contribution in [1.29, 1.82) is 0 Å². The van der Waals surface area contributed by atoms with Gasteiger partial charge in [0, 0.05) is 5.56 Å². The van der Waals surface area contributed by atoms with Crippen molar-refractivity contribution in [3.05, 3.63) is 48.0 Å². The SMILES string of the molecule is CCOc1c(OC)cc(C(=O)NNC(=Nc2ccccc2)SC)cc1OC. The van der Waals surface area contributed by atoms with Gasteiger partial charge in [0.15, 0.2) is 16.7 Å². The van der Waals surface area contributed by atoms with Crippen LogP contribution in [0, 0.1) is 0 Å². The number of amidine groups is 1. The maximum Gasteiger partial charge on any atom is 0.269 e. The highest BCUT2D eigenvalue weighted by molar-refractivity contribution is 8.13. The maximum absolute atomic E-state index is 12.5. The normalized spacial score (nSPS) is 10.9. The minimum atomic E-state index is -0.357. The van der Waals surface area contributed by atoms with Crippen LogP contribution in [0.25, 0.3) is 0 Å². The van der Waals surface area contributed by atoms with Gasteiger partial charge in [-0.15, -0.1) is 0 Å². The fourth-order valence-electron chi connectivity index (χ4n) is 2.22. The summed E-state index contributed by atoms with van der Waals surface area (Å²) in [6.07, 6.45) is 1.86. The first-order valence-corrected chi connectivity index (χ1v) is 9.48. The molecule has 0 atom stereocenters. The monoisotopic (exact) mass is 389 g/mol. The molecule has 144 valence electrons. The first-order valence-electron chi connectivity index (χ1n) is 8.25. The number of methoxy groups -OCH3 is 2. The van der Waals surface area contributed by atoms with E-state index in [-0.39, 0.29) is 5.91 Å². The third-order valence-corrected chi connectivity index (χ3v) is 4.05. The molecular formula is C19H23N3O4S. The van der Waals surface area contributed by atoms with Crippen LogP contribution in [0.3, 0.4) is 0 Å². The third kappa shape index (κ3) is 5.55. The van der Waals surface area contributed by atoms with E-state index >= 15 is 0 Å². The number of nitrogens with zero attached hydrogens (tertiary/aromatic N) is 1. The number of aliphatic imine (C=N–C) groups is 1. The molecule has 0 radical (unpaired) electrons. The molecule has 0 unspecified atom stereocenters. The van der Waals surface area contributed by atoms with Crippen molar-refractivity contribution in [1.82, 2.24) is 10.9 Å². The topological polar surface area (TPSA) is 81.2 Å². The van der Waals surface area contributed by atoms with Gasteiger partial charge in [0.05, 0.1) is 26.5 Å². The Balaban J connectivity index is 2.16. The number of hydrogen-bond acceptors (Lipinski definition) is 6. The smallest absolute Gasteiger partial charge is 0.269 e. The van der Waals surface area contributed by atoms with Gasteiger partial charge in [-0.1, -0.05) is 30.0 Å². The fourth-order valence-corrected chi connectivity index (χ4v) is 2.57. The predicted molar refractivity (Wildman–Crippen MR) is 108 cm³/mol. The van der Waals surface area contributed by atoms with E-state index in [1.165, 1.54) is 26.0 Å². The molecule has 0 saturated carbocycles. The second-order valence-electron chi connectivity index (χ2n) is 5.18. The lowest BCUT2D eigenvalue weighted by molar-refractivity contribution is 0.0943. The van der Waals surface area contributed by atoms with E-state index in [9.17, 15) is 4.79 Å². The van der Waals surface area contributed by atoms with Crippen molar-refractivity contribution >= 4 is 28.5 Å². The summed E-state index contributed by atoms with van der Waals surface area (Å²) in [7, 11) is 3.02. The molecule has 0 bridgehead atoms. The minimum Gasteiger partial charge on any atom is -0.493 e. The summed E-state index contributed by atoms with van der Waals surface area (Å²) in [5.41, 5.74) is 6.61. The molecular weight excluding hydrogens is 366 g/mol. The second-order valence-corrected chi connectivity index (χ2v) is 5.97. The maximum atomic E-state index is 12.5. The van der Waals surface area contributed by atoms with Crippen molar-refractivity contribution in [2.75, 3.05) is 27.1 Å². The second kappa shape index (κ2) is 10.3.